The van der Waals surface area contributed by atoms with Crippen LogP contribution < -0.4 is 10.6 Å². The number of benzene rings is 1. The zero-order valence-corrected chi connectivity index (χ0v) is 11.3. The van der Waals surface area contributed by atoms with Gasteiger partial charge in [0.1, 0.15) is 6.54 Å². The van der Waals surface area contributed by atoms with Gasteiger partial charge in [0.05, 0.1) is 10.7 Å². The first-order valence-electron chi connectivity index (χ1n) is 6.16. The molecular weight excluding hydrogens is 277 g/mol. The van der Waals surface area contributed by atoms with Gasteiger partial charge in [-0.1, -0.05) is 17.7 Å². The van der Waals surface area contributed by atoms with E-state index < -0.39 is 12.7 Å². The molecule has 0 bridgehead atoms. The van der Waals surface area contributed by atoms with Crippen LogP contribution in [0.25, 0.3) is 0 Å². The van der Waals surface area contributed by atoms with Gasteiger partial charge in [0.15, 0.2) is 0 Å². The SMILES string of the molecule is CC(N)c1ccc(N(CC(F)(F)F)C2CC2)c(Cl)c1. The minimum absolute atomic E-state index is 0.0553. The third kappa shape index (κ3) is 3.76. The predicted octanol–water partition coefficient (Wildman–Crippen LogP) is 3.89. The topological polar surface area (TPSA) is 29.3 Å². The lowest BCUT2D eigenvalue weighted by Gasteiger charge is -2.27. The highest BCUT2D eigenvalue weighted by atomic mass is 35.5. The second kappa shape index (κ2) is 5.21. The van der Waals surface area contributed by atoms with E-state index in [9.17, 15) is 13.2 Å². The molecule has 1 aliphatic rings. The fourth-order valence-corrected chi connectivity index (χ4v) is 2.33. The monoisotopic (exact) mass is 292 g/mol. The number of halogens is 4. The second-order valence-corrected chi connectivity index (χ2v) is 5.38. The summed E-state index contributed by atoms with van der Waals surface area (Å²) in [5.41, 5.74) is 6.98. The van der Waals surface area contributed by atoms with Crippen LogP contribution in [0.2, 0.25) is 5.02 Å². The maximum absolute atomic E-state index is 12.6. The highest BCUT2D eigenvalue weighted by Gasteiger charge is 2.38. The smallest absolute Gasteiger partial charge is 0.358 e. The number of alkyl halides is 3. The van der Waals surface area contributed by atoms with E-state index in [1.807, 2.05) is 0 Å². The van der Waals surface area contributed by atoms with Gasteiger partial charge in [-0.25, -0.2) is 0 Å². The zero-order valence-electron chi connectivity index (χ0n) is 10.5. The Balaban J connectivity index is 2.27. The van der Waals surface area contributed by atoms with Gasteiger partial charge < -0.3 is 10.6 Å². The molecule has 6 heteroatoms. The van der Waals surface area contributed by atoms with Crippen LogP contribution in [0.4, 0.5) is 18.9 Å². The van der Waals surface area contributed by atoms with Gasteiger partial charge in [-0.2, -0.15) is 13.2 Å². The van der Waals surface area contributed by atoms with Crippen LogP contribution in [0.1, 0.15) is 31.4 Å². The maximum Gasteiger partial charge on any atom is 0.405 e. The molecule has 106 valence electrons. The number of anilines is 1. The summed E-state index contributed by atoms with van der Waals surface area (Å²) in [6, 6.07) is 4.76. The fourth-order valence-electron chi connectivity index (χ4n) is 2.03. The molecule has 0 amide bonds. The van der Waals surface area contributed by atoms with E-state index >= 15 is 0 Å². The average Bonchev–Trinajstić information content (AvgIpc) is 3.08. The van der Waals surface area contributed by atoms with Crippen molar-refractivity contribution in [1.29, 1.82) is 0 Å². The Bertz CT molecular complexity index is 456. The van der Waals surface area contributed by atoms with Gasteiger partial charge in [-0.3, -0.25) is 0 Å². The van der Waals surface area contributed by atoms with Crippen molar-refractivity contribution < 1.29 is 13.2 Å². The van der Waals surface area contributed by atoms with E-state index in [-0.39, 0.29) is 12.1 Å². The van der Waals surface area contributed by atoms with Crippen molar-refractivity contribution in [3.05, 3.63) is 28.8 Å². The third-order valence-corrected chi connectivity index (χ3v) is 3.45. The van der Waals surface area contributed by atoms with E-state index in [0.29, 0.717) is 10.7 Å². The van der Waals surface area contributed by atoms with Crippen molar-refractivity contribution in [2.24, 2.45) is 5.73 Å². The van der Waals surface area contributed by atoms with Gasteiger partial charge >= 0.3 is 6.18 Å². The Labute approximate surface area is 115 Å². The summed E-state index contributed by atoms with van der Waals surface area (Å²) in [6.45, 7) is 0.842. The van der Waals surface area contributed by atoms with Crippen LogP contribution in [0.5, 0.6) is 0 Å². The minimum atomic E-state index is -4.23. The summed E-state index contributed by atoms with van der Waals surface area (Å²) in [6.07, 6.45) is -2.67. The molecule has 19 heavy (non-hydrogen) atoms. The lowest BCUT2D eigenvalue weighted by Crippen LogP contribution is -2.36. The number of rotatable bonds is 4. The molecule has 0 saturated heterocycles. The first-order chi connectivity index (χ1) is 8.78. The van der Waals surface area contributed by atoms with Crippen molar-refractivity contribution in [1.82, 2.24) is 0 Å². The Morgan fingerprint density at radius 2 is 2.05 bits per heavy atom. The van der Waals surface area contributed by atoms with Gasteiger partial charge in [0.25, 0.3) is 0 Å². The summed E-state index contributed by atoms with van der Waals surface area (Å²) in [7, 11) is 0. The Morgan fingerprint density at radius 3 is 2.47 bits per heavy atom. The number of hydrogen-bond acceptors (Lipinski definition) is 2. The van der Waals surface area contributed by atoms with E-state index in [2.05, 4.69) is 0 Å². The van der Waals surface area contributed by atoms with E-state index in [0.717, 1.165) is 18.4 Å². The number of hydrogen-bond donors (Lipinski definition) is 1. The van der Waals surface area contributed by atoms with Crippen LogP contribution in [-0.4, -0.2) is 18.8 Å². The maximum atomic E-state index is 12.6. The number of nitrogens with two attached hydrogens (primary N) is 1. The number of nitrogens with zero attached hydrogens (tertiary/aromatic N) is 1. The summed E-state index contributed by atoms with van der Waals surface area (Å²) in [5, 5.41) is 0.325. The van der Waals surface area contributed by atoms with Gasteiger partial charge in [0.2, 0.25) is 0 Å². The molecule has 0 spiro atoms. The molecule has 0 radical (unpaired) electrons. The van der Waals surface area contributed by atoms with Crippen molar-refractivity contribution >= 4 is 17.3 Å². The molecule has 1 fully saturated rings. The molecular formula is C13H16ClF3N2. The van der Waals surface area contributed by atoms with Gasteiger partial charge in [0, 0.05) is 12.1 Å². The lowest BCUT2D eigenvalue weighted by molar-refractivity contribution is -0.119. The van der Waals surface area contributed by atoms with Crippen molar-refractivity contribution in [3.8, 4) is 0 Å². The first-order valence-corrected chi connectivity index (χ1v) is 6.54. The normalized spacial score (nSPS) is 17.4. The van der Waals surface area contributed by atoms with E-state index in [1.165, 1.54) is 4.90 Å². The Hall–Kier alpha value is -0.940. The highest BCUT2D eigenvalue weighted by molar-refractivity contribution is 6.33. The molecule has 2 nitrogen and oxygen atoms in total. The molecule has 1 aromatic rings. The standard InChI is InChI=1S/C13H16ClF3N2/c1-8(18)9-2-5-12(11(14)6-9)19(10-3-4-10)7-13(15,16)17/h2,5-6,8,10H,3-4,7,18H2,1H3. The largest absolute Gasteiger partial charge is 0.405 e. The Morgan fingerprint density at radius 1 is 1.42 bits per heavy atom. The quantitative estimate of drug-likeness (QED) is 0.912. The molecule has 0 aliphatic heterocycles. The lowest BCUT2D eigenvalue weighted by atomic mass is 10.1. The summed E-state index contributed by atoms with van der Waals surface area (Å²) < 4.78 is 37.8. The molecule has 1 aliphatic carbocycles. The minimum Gasteiger partial charge on any atom is -0.358 e. The van der Waals surface area contributed by atoms with Crippen molar-refractivity contribution in [2.75, 3.05) is 11.4 Å². The molecule has 1 aromatic carbocycles. The van der Waals surface area contributed by atoms with E-state index in [4.69, 9.17) is 17.3 Å². The van der Waals surface area contributed by atoms with Crippen molar-refractivity contribution in [3.63, 3.8) is 0 Å². The van der Waals surface area contributed by atoms with Crippen molar-refractivity contribution in [2.45, 2.75) is 38.0 Å². The zero-order chi connectivity index (χ0) is 14.2. The summed E-state index contributed by atoms with van der Waals surface area (Å²) in [4.78, 5) is 1.34. The van der Waals surface area contributed by atoms with Crippen LogP contribution in [0.15, 0.2) is 18.2 Å². The van der Waals surface area contributed by atoms with Crippen LogP contribution in [0, 0.1) is 0 Å². The second-order valence-electron chi connectivity index (χ2n) is 4.97. The molecule has 2 N–H and O–H groups in total. The predicted molar refractivity (Wildman–Crippen MR) is 70.5 cm³/mol. The molecule has 1 unspecified atom stereocenters. The fraction of sp³-hybridized carbons (Fsp3) is 0.538. The first kappa shape index (κ1) is 14.5. The molecule has 0 heterocycles. The summed E-state index contributed by atoms with van der Waals surface area (Å²) in [5.74, 6) is 0. The van der Waals surface area contributed by atoms with Crippen LogP contribution >= 0.6 is 11.6 Å². The van der Waals surface area contributed by atoms with Crippen LogP contribution in [-0.2, 0) is 0 Å². The molecule has 2 rings (SSSR count). The average molecular weight is 293 g/mol. The molecule has 1 saturated carbocycles. The molecule has 1 atom stereocenters. The highest BCUT2D eigenvalue weighted by Crippen LogP contribution is 2.38. The third-order valence-electron chi connectivity index (χ3n) is 3.14. The van der Waals surface area contributed by atoms with Crippen LogP contribution in [0.3, 0.4) is 0 Å². The Kier molecular flexibility index (Phi) is 3.97. The summed E-state index contributed by atoms with van der Waals surface area (Å²) >= 11 is 6.10. The van der Waals surface area contributed by atoms with Gasteiger partial charge in [-0.15, -0.1) is 0 Å². The van der Waals surface area contributed by atoms with Gasteiger partial charge in [-0.05, 0) is 37.5 Å². The molecule has 0 aromatic heterocycles. The van der Waals surface area contributed by atoms with E-state index in [1.54, 1.807) is 25.1 Å².